The molecule has 1 aliphatic heterocycles. The van der Waals surface area contributed by atoms with Crippen LogP contribution in [0.4, 0.5) is 11.5 Å². The molecule has 3 heterocycles. The second-order valence-electron chi connectivity index (χ2n) is 7.53. The van der Waals surface area contributed by atoms with E-state index in [0.717, 1.165) is 53.3 Å². The smallest absolute Gasteiger partial charge is 0.225 e. The Hall–Kier alpha value is -3.03. The molecule has 0 radical (unpaired) electrons. The number of thiophene rings is 1. The van der Waals surface area contributed by atoms with E-state index in [4.69, 9.17) is 21.1 Å². The van der Waals surface area contributed by atoms with Gasteiger partial charge in [0.25, 0.3) is 0 Å². The molecule has 0 unspecified atom stereocenters. The highest BCUT2D eigenvalue weighted by Gasteiger charge is 2.24. The van der Waals surface area contributed by atoms with Crippen LogP contribution in [0.3, 0.4) is 0 Å². The molecule has 1 fully saturated rings. The lowest BCUT2D eigenvalue weighted by atomic mass is 10.0. The Balaban J connectivity index is 1.51. The van der Waals surface area contributed by atoms with Gasteiger partial charge in [-0.3, -0.25) is 0 Å². The molecule has 0 N–H and O–H groups in total. The molecular formula is C24H23ClN4O2S. The first-order valence-corrected chi connectivity index (χ1v) is 11.7. The fourth-order valence-electron chi connectivity index (χ4n) is 4.16. The number of nitrogens with zero attached hydrogens (tertiary/aromatic N) is 4. The lowest BCUT2D eigenvalue weighted by molar-refractivity contribution is 0.355. The maximum Gasteiger partial charge on any atom is 0.225 e. The minimum Gasteiger partial charge on any atom is -0.493 e. The largest absolute Gasteiger partial charge is 0.493 e. The van der Waals surface area contributed by atoms with E-state index in [1.165, 1.54) is 5.69 Å². The van der Waals surface area contributed by atoms with Gasteiger partial charge >= 0.3 is 0 Å². The Morgan fingerprint density at radius 1 is 0.875 bits per heavy atom. The second-order valence-corrected chi connectivity index (χ2v) is 8.72. The molecule has 164 valence electrons. The summed E-state index contributed by atoms with van der Waals surface area (Å²) >= 11 is 7.90. The van der Waals surface area contributed by atoms with Crippen molar-refractivity contribution >= 4 is 44.7 Å². The van der Waals surface area contributed by atoms with E-state index in [1.807, 2.05) is 24.3 Å². The van der Waals surface area contributed by atoms with Gasteiger partial charge in [-0.2, -0.15) is 4.98 Å². The summed E-state index contributed by atoms with van der Waals surface area (Å²) in [6.45, 7) is 3.56. The van der Waals surface area contributed by atoms with Gasteiger partial charge in [0, 0.05) is 42.8 Å². The van der Waals surface area contributed by atoms with Gasteiger partial charge in [-0.05, 0) is 41.4 Å². The number of rotatable bonds is 5. The number of halogens is 1. The molecule has 2 aromatic heterocycles. The molecule has 4 aromatic rings. The summed E-state index contributed by atoms with van der Waals surface area (Å²) in [5, 5.41) is 3.42. The van der Waals surface area contributed by atoms with Crippen LogP contribution in [0.5, 0.6) is 11.5 Å². The summed E-state index contributed by atoms with van der Waals surface area (Å²) in [5.41, 5.74) is 3.35. The van der Waals surface area contributed by atoms with Crippen molar-refractivity contribution in [2.45, 2.75) is 0 Å². The average molecular weight is 467 g/mol. The monoisotopic (exact) mass is 466 g/mol. The number of ether oxygens (including phenoxy) is 2. The van der Waals surface area contributed by atoms with Crippen molar-refractivity contribution in [1.82, 2.24) is 9.97 Å². The van der Waals surface area contributed by atoms with Crippen LogP contribution in [0.15, 0.2) is 53.9 Å². The molecule has 6 nitrogen and oxygen atoms in total. The predicted octanol–water partition coefficient (Wildman–Crippen LogP) is 5.36. The van der Waals surface area contributed by atoms with Crippen LogP contribution in [-0.4, -0.2) is 50.4 Å². The summed E-state index contributed by atoms with van der Waals surface area (Å²) in [6, 6.07) is 16.5. The van der Waals surface area contributed by atoms with Crippen molar-refractivity contribution in [3.05, 3.63) is 59.2 Å². The number of anilines is 2. The first-order chi connectivity index (χ1) is 15.7. The molecule has 2 aromatic carbocycles. The zero-order chi connectivity index (χ0) is 22.1. The third kappa shape index (κ3) is 3.82. The number of methoxy groups -OCH3 is 2. The molecule has 1 aliphatic rings. The Labute approximate surface area is 196 Å². The van der Waals surface area contributed by atoms with Gasteiger partial charge in [0.2, 0.25) is 5.28 Å². The summed E-state index contributed by atoms with van der Waals surface area (Å²) in [5.74, 6) is 2.28. The zero-order valence-corrected chi connectivity index (χ0v) is 19.5. The van der Waals surface area contributed by atoms with Crippen molar-refractivity contribution in [1.29, 1.82) is 0 Å². The van der Waals surface area contributed by atoms with Gasteiger partial charge in [-0.25, -0.2) is 4.98 Å². The Kier molecular flexibility index (Phi) is 5.76. The highest BCUT2D eigenvalue weighted by Crippen LogP contribution is 2.41. The number of hydrogen-bond acceptors (Lipinski definition) is 7. The quantitative estimate of drug-likeness (QED) is 0.369. The van der Waals surface area contributed by atoms with Crippen LogP contribution in [0.1, 0.15) is 0 Å². The number of para-hydroxylation sites is 1. The van der Waals surface area contributed by atoms with Gasteiger partial charge in [0.1, 0.15) is 10.6 Å². The number of fused-ring (bicyclic) bond motifs is 1. The van der Waals surface area contributed by atoms with E-state index in [9.17, 15) is 0 Å². The summed E-state index contributed by atoms with van der Waals surface area (Å²) in [6.07, 6.45) is 0. The van der Waals surface area contributed by atoms with E-state index in [0.29, 0.717) is 11.5 Å². The van der Waals surface area contributed by atoms with Gasteiger partial charge in [0.15, 0.2) is 11.5 Å². The number of aromatic nitrogens is 2. The SMILES string of the molecule is COc1ccc(-c2csc3nc(Cl)nc(N4CCN(c5ccccc5)CC4)c23)cc1OC. The molecule has 5 rings (SSSR count). The van der Waals surface area contributed by atoms with E-state index in [-0.39, 0.29) is 5.28 Å². The van der Waals surface area contributed by atoms with Crippen LogP contribution in [0, 0.1) is 0 Å². The average Bonchev–Trinajstić information content (AvgIpc) is 3.27. The number of piperazine rings is 1. The molecule has 0 aliphatic carbocycles. The minimum absolute atomic E-state index is 0.277. The van der Waals surface area contributed by atoms with Crippen molar-refractivity contribution in [3.63, 3.8) is 0 Å². The number of hydrogen-bond donors (Lipinski definition) is 0. The van der Waals surface area contributed by atoms with Gasteiger partial charge in [-0.1, -0.05) is 24.3 Å². The Morgan fingerprint density at radius 2 is 1.59 bits per heavy atom. The maximum absolute atomic E-state index is 6.32. The van der Waals surface area contributed by atoms with Crippen molar-refractivity contribution in [3.8, 4) is 22.6 Å². The van der Waals surface area contributed by atoms with Crippen LogP contribution in [-0.2, 0) is 0 Å². The Morgan fingerprint density at radius 3 is 2.31 bits per heavy atom. The molecular weight excluding hydrogens is 444 g/mol. The summed E-state index contributed by atoms with van der Waals surface area (Å²) in [7, 11) is 3.29. The molecule has 8 heteroatoms. The third-order valence-electron chi connectivity index (χ3n) is 5.78. The second kappa shape index (κ2) is 8.84. The summed E-state index contributed by atoms with van der Waals surface area (Å²) in [4.78, 5) is 14.8. The van der Waals surface area contributed by atoms with E-state index >= 15 is 0 Å². The first kappa shape index (κ1) is 20.8. The van der Waals surface area contributed by atoms with E-state index in [1.54, 1.807) is 25.6 Å². The van der Waals surface area contributed by atoms with Crippen molar-refractivity contribution in [2.24, 2.45) is 0 Å². The molecule has 0 amide bonds. The van der Waals surface area contributed by atoms with Crippen LogP contribution in [0.25, 0.3) is 21.3 Å². The fourth-order valence-corrected chi connectivity index (χ4v) is 5.31. The van der Waals surface area contributed by atoms with Crippen LogP contribution in [0.2, 0.25) is 5.28 Å². The minimum atomic E-state index is 0.277. The van der Waals surface area contributed by atoms with Crippen LogP contribution >= 0.6 is 22.9 Å². The Bertz CT molecular complexity index is 1240. The lowest BCUT2D eigenvalue weighted by Gasteiger charge is -2.37. The van der Waals surface area contributed by atoms with Crippen molar-refractivity contribution in [2.75, 3.05) is 50.2 Å². The molecule has 0 bridgehead atoms. The van der Waals surface area contributed by atoms with E-state index < -0.39 is 0 Å². The predicted molar refractivity (Wildman–Crippen MR) is 132 cm³/mol. The molecule has 0 spiro atoms. The van der Waals surface area contributed by atoms with Gasteiger partial charge in [0.05, 0.1) is 19.6 Å². The highest BCUT2D eigenvalue weighted by molar-refractivity contribution is 7.17. The van der Waals surface area contributed by atoms with E-state index in [2.05, 4.69) is 49.4 Å². The molecule has 1 saturated heterocycles. The molecule has 0 saturated carbocycles. The van der Waals surface area contributed by atoms with Crippen LogP contribution < -0.4 is 19.3 Å². The topological polar surface area (TPSA) is 50.7 Å². The summed E-state index contributed by atoms with van der Waals surface area (Å²) < 4.78 is 10.9. The number of benzene rings is 2. The van der Waals surface area contributed by atoms with Gasteiger partial charge in [-0.15, -0.1) is 11.3 Å². The normalized spacial score (nSPS) is 14.1. The van der Waals surface area contributed by atoms with Crippen molar-refractivity contribution < 1.29 is 9.47 Å². The highest BCUT2D eigenvalue weighted by atomic mass is 35.5. The fraction of sp³-hybridized carbons (Fsp3) is 0.250. The zero-order valence-electron chi connectivity index (χ0n) is 17.9. The first-order valence-electron chi connectivity index (χ1n) is 10.4. The van der Waals surface area contributed by atoms with Gasteiger partial charge < -0.3 is 19.3 Å². The standard InChI is InChI=1S/C24H23ClN4O2S/c1-30-19-9-8-16(14-20(19)31-2)18-15-32-23-21(18)22(26-24(25)27-23)29-12-10-28(11-13-29)17-6-4-3-5-7-17/h3-9,14-15H,10-13H2,1-2H3. The third-order valence-corrected chi connectivity index (χ3v) is 6.82. The molecule has 32 heavy (non-hydrogen) atoms. The maximum atomic E-state index is 6.32. The molecule has 0 atom stereocenters. The lowest BCUT2D eigenvalue weighted by Crippen LogP contribution is -2.47.